The van der Waals surface area contributed by atoms with E-state index in [0.717, 1.165) is 25.5 Å². The van der Waals surface area contributed by atoms with E-state index in [1.807, 2.05) is 32.0 Å². The molecular formula is C18H15NO3S3. The molecule has 1 aliphatic heterocycles. The Morgan fingerprint density at radius 1 is 1.24 bits per heavy atom. The highest BCUT2D eigenvalue weighted by molar-refractivity contribution is 7.80. The maximum absolute atomic E-state index is 13.3. The lowest BCUT2D eigenvalue weighted by Crippen LogP contribution is -2.47. The molecule has 0 bridgehead atoms. The number of carbonyl (C=O) groups excluding carboxylic acids is 1. The van der Waals surface area contributed by atoms with Gasteiger partial charge >= 0.3 is 0 Å². The summed E-state index contributed by atoms with van der Waals surface area (Å²) in [5, 5.41) is 0. The van der Waals surface area contributed by atoms with Crippen molar-refractivity contribution in [2.45, 2.75) is 19.4 Å². The van der Waals surface area contributed by atoms with Crippen molar-refractivity contribution in [3.05, 3.63) is 51.1 Å². The molecule has 0 saturated heterocycles. The van der Waals surface area contributed by atoms with E-state index in [1.54, 1.807) is 44.8 Å². The normalized spacial score (nSPS) is 14.8. The summed E-state index contributed by atoms with van der Waals surface area (Å²) >= 11 is 5.58. The van der Waals surface area contributed by atoms with Gasteiger partial charge < -0.3 is 9.15 Å². The van der Waals surface area contributed by atoms with E-state index in [0.29, 0.717) is 11.5 Å². The van der Waals surface area contributed by atoms with Crippen molar-refractivity contribution in [2.24, 2.45) is 0 Å². The molecule has 0 radical (unpaired) electrons. The van der Waals surface area contributed by atoms with Crippen molar-refractivity contribution in [2.75, 3.05) is 12.0 Å². The molecule has 3 aromatic rings. The Labute approximate surface area is 157 Å². The Morgan fingerprint density at radius 3 is 2.72 bits per heavy atom. The molecule has 25 heavy (non-hydrogen) atoms. The number of nitrogens with zero attached hydrogens (tertiary/aromatic N) is 1. The van der Waals surface area contributed by atoms with Crippen molar-refractivity contribution >= 4 is 44.5 Å². The highest BCUT2D eigenvalue weighted by Crippen LogP contribution is 2.55. The predicted molar refractivity (Wildman–Crippen MR) is 104 cm³/mol. The van der Waals surface area contributed by atoms with Crippen LogP contribution in [-0.4, -0.2) is 13.0 Å². The maximum Gasteiger partial charge on any atom is 0.294 e. The molecule has 0 fully saturated rings. The van der Waals surface area contributed by atoms with Crippen LogP contribution in [0.4, 0.5) is 5.69 Å². The van der Waals surface area contributed by atoms with Crippen LogP contribution in [0.5, 0.6) is 5.75 Å². The minimum absolute atomic E-state index is 0.198. The summed E-state index contributed by atoms with van der Waals surface area (Å²) in [6.45, 7) is 4.06. The van der Waals surface area contributed by atoms with Gasteiger partial charge in [-0.3, -0.25) is 9.69 Å². The fourth-order valence-corrected chi connectivity index (χ4v) is 6.54. The SMILES string of the molecule is COc1cccc2c1N(C(=O)c1ccco1)C(C)(C)c1ssc(=S)c1-2. The molecule has 1 amide bonds. The van der Waals surface area contributed by atoms with Gasteiger partial charge in [-0.2, -0.15) is 0 Å². The van der Waals surface area contributed by atoms with Crippen molar-refractivity contribution in [1.29, 1.82) is 0 Å². The van der Waals surface area contributed by atoms with Crippen LogP contribution in [0.2, 0.25) is 0 Å². The second kappa shape index (κ2) is 5.79. The maximum atomic E-state index is 13.3. The molecular weight excluding hydrogens is 374 g/mol. The minimum atomic E-state index is -0.570. The van der Waals surface area contributed by atoms with Crippen molar-refractivity contribution < 1.29 is 13.9 Å². The van der Waals surface area contributed by atoms with Crippen LogP contribution in [-0.2, 0) is 5.54 Å². The molecule has 128 valence electrons. The standard InChI is InChI=1S/C18H15NO3S3/c1-18(2)15-13(17(23)25-24-15)10-6-4-7-11(21-3)14(10)19(18)16(20)12-8-5-9-22-12/h4-9H,1-3H3. The van der Waals surface area contributed by atoms with Crippen LogP contribution in [0.3, 0.4) is 0 Å². The summed E-state index contributed by atoms with van der Waals surface area (Å²) < 4.78 is 11.8. The van der Waals surface area contributed by atoms with Gasteiger partial charge in [-0.15, -0.1) is 0 Å². The number of amides is 1. The number of benzene rings is 1. The van der Waals surface area contributed by atoms with Gasteiger partial charge in [0.15, 0.2) is 5.76 Å². The molecule has 2 aromatic heterocycles. The molecule has 0 aliphatic carbocycles. The summed E-state index contributed by atoms with van der Waals surface area (Å²) in [4.78, 5) is 16.1. The number of anilines is 1. The largest absolute Gasteiger partial charge is 0.495 e. The molecule has 1 aliphatic rings. The Kier molecular flexibility index (Phi) is 3.82. The third kappa shape index (κ3) is 2.30. The molecule has 7 heteroatoms. The van der Waals surface area contributed by atoms with Gasteiger partial charge in [-0.05, 0) is 32.0 Å². The molecule has 0 unspecified atom stereocenters. The van der Waals surface area contributed by atoms with Gasteiger partial charge in [0.05, 0.1) is 29.5 Å². The average Bonchev–Trinajstić information content (AvgIpc) is 3.24. The second-order valence-corrected chi connectivity index (χ2v) is 9.01. The monoisotopic (exact) mass is 389 g/mol. The van der Waals surface area contributed by atoms with Crippen molar-refractivity contribution in [1.82, 2.24) is 0 Å². The highest BCUT2D eigenvalue weighted by atomic mass is 32.9. The molecule has 0 saturated carbocycles. The summed E-state index contributed by atoms with van der Waals surface area (Å²) in [5.74, 6) is 0.740. The van der Waals surface area contributed by atoms with Gasteiger partial charge in [0, 0.05) is 11.1 Å². The number of ether oxygens (including phenoxy) is 1. The topological polar surface area (TPSA) is 42.7 Å². The van der Waals surface area contributed by atoms with E-state index >= 15 is 0 Å². The van der Waals surface area contributed by atoms with E-state index in [-0.39, 0.29) is 5.91 Å². The van der Waals surface area contributed by atoms with E-state index in [2.05, 4.69) is 0 Å². The van der Waals surface area contributed by atoms with Crippen LogP contribution in [0.1, 0.15) is 29.3 Å². The summed E-state index contributed by atoms with van der Waals surface area (Å²) in [7, 11) is 4.80. The molecule has 0 spiro atoms. The van der Waals surface area contributed by atoms with Gasteiger partial charge in [-0.1, -0.05) is 45.0 Å². The number of hydrogen-bond donors (Lipinski definition) is 0. The molecule has 4 nitrogen and oxygen atoms in total. The lowest BCUT2D eigenvalue weighted by atomic mass is 9.87. The smallest absolute Gasteiger partial charge is 0.294 e. The fourth-order valence-electron chi connectivity index (χ4n) is 3.26. The fraction of sp³-hybridized carbons (Fsp3) is 0.222. The van der Waals surface area contributed by atoms with E-state index in [1.165, 1.54) is 6.26 Å². The highest BCUT2D eigenvalue weighted by Gasteiger charge is 2.45. The van der Waals surface area contributed by atoms with Crippen LogP contribution in [0.15, 0.2) is 41.0 Å². The molecule has 0 atom stereocenters. The Bertz CT molecular complexity index is 1010. The quantitative estimate of drug-likeness (QED) is 0.416. The average molecular weight is 390 g/mol. The molecule has 1 aromatic carbocycles. The number of fused-ring (bicyclic) bond motifs is 3. The zero-order valence-electron chi connectivity index (χ0n) is 13.9. The van der Waals surface area contributed by atoms with Gasteiger partial charge in [0.25, 0.3) is 5.91 Å². The summed E-state index contributed by atoms with van der Waals surface area (Å²) in [5.41, 5.74) is 2.13. The van der Waals surface area contributed by atoms with Crippen LogP contribution >= 0.6 is 32.9 Å². The molecule has 3 heterocycles. The number of carbonyl (C=O) groups is 1. The predicted octanol–water partition coefficient (Wildman–Crippen LogP) is 5.70. The number of hydrogen-bond acceptors (Lipinski definition) is 6. The number of rotatable bonds is 2. The first-order valence-electron chi connectivity index (χ1n) is 7.66. The van der Waals surface area contributed by atoms with Crippen LogP contribution in [0.25, 0.3) is 11.1 Å². The van der Waals surface area contributed by atoms with E-state index in [9.17, 15) is 4.79 Å². The number of para-hydroxylation sites is 1. The lowest BCUT2D eigenvalue weighted by molar-refractivity contribution is 0.0933. The second-order valence-electron chi connectivity index (χ2n) is 6.19. The van der Waals surface area contributed by atoms with Gasteiger partial charge in [0.2, 0.25) is 0 Å². The van der Waals surface area contributed by atoms with Crippen molar-refractivity contribution in [3.63, 3.8) is 0 Å². The first-order valence-corrected chi connectivity index (χ1v) is 10.2. The number of furan rings is 1. The lowest BCUT2D eigenvalue weighted by Gasteiger charge is -2.42. The molecule has 4 rings (SSSR count). The van der Waals surface area contributed by atoms with Gasteiger partial charge in [-0.25, -0.2) is 0 Å². The third-order valence-corrected chi connectivity index (χ3v) is 7.72. The first-order chi connectivity index (χ1) is 12.0. The van der Waals surface area contributed by atoms with Gasteiger partial charge in [0.1, 0.15) is 9.57 Å². The minimum Gasteiger partial charge on any atom is -0.495 e. The zero-order valence-corrected chi connectivity index (χ0v) is 16.3. The van der Waals surface area contributed by atoms with Crippen LogP contribution < -0.4 is 9.64 Å². The Balaban J connectivity index is 2.06. The Morgan fingerprint density at radius 2 is 2.04 bits per heavy atom. The summed E-state index contributed by atoms with van der Waals surface area (Å²) in [6.07, 6.45) is 1.51. The first kappa shape index (κ1) is 16.5. The molecule has 0 N–H and O–H groups in total. The zero-order chi connectivity index (χ0) is 17.8. The van der Waals surface area contributed by atoms with Crippen LogP contribution in [0, 0.1) is 3.82 Å². The van der Waals surface area contributed by atoms with Crippen molar-refractivity contribution in [3.8, 4) is 16.9 Å². The Hall–Kier alpha value is -1.96. The van der Waals surface area contributed by atoms with E-state index in [4.69, 9.17) is 21.4 Å². The third-order valence-electron chi connectivity index (χ3n) is 4.39. The number of methoxy groups -OCH3 is 1. The summed E-state index contributed by atoms with van der Waals surface area (Å²) in [6, 6.07) is 9.17. The van der Waals surface area contributed by atoms with E-state index < -0.39 is 5.54 Å².